The number of aryl methyl sites for hydroxylation is 1. The van der Waals surface area contributed by atoms with E-state index in [9.17, 15) is 15.0 Å². The van der Waals surface area contributed by atoms with Crippen LogP contribution in [0.4, 0.5) is 0 Å². The number of phenolic OH excluding ortho intramolecular Hbond substituents is 2. The summed E-state index contributed by atoms with van der Waals surface area (Å²) in [6, 6.07) is 8.73. The summed E-state index contributed by atoms with van der Waals surface area (Å²) >= 11 is 0. The first-order valence-corrected chi connectivity index (χ1v) is 10.9. The largest absolute Gasteiger partial charge is 0.508 e. The van der Waals surface area contributed by atoms with Crippen molar-refractivity contribution in [2.24, 2.45) is 0 Å². The van der Waals surface area contributed by atoms with Crippen LogP contribution >= 0.6 is 0 Å². The fourth-order valence-corrected chi connectivity index (χ4v) is 4.20. The zero-order chi connectivity index (χ0) is 23.0. The number of hydrogen-bond acceptors (Lipinski definition) is 6. The van der Waals surface area contributed by atoms with E-state index < -0.39 is 0 Å². The number of phenols is 2. The Kier molecular flexibility index (Phi) is 5.74. The summed E-state index contributed by atoms with van der Waals surface area (Å²) in [5.41, 5.74) is 4.78. The Balaban J connectivity index is 1.96. The Morgan fingerprint density at radius 3 is 2.66 bits per heavy atom. The molecule has 4 N–H and O–H groups in total. The number of amides is 1. The number of nitrogens with zero attached hydrogens (tertiary/aromatic N) is 1. The molecular formula is C25H27N3O4. The number of hydrogen-bond donors (Lipinski definition) is 4. The van der Waals surface area contributed by atoms with Crippen LogP contribution < -0.4 is 5.32 Å². The molecule has 0 atom stereocenters. The van der Waals surface area contributed by atoms with Gasteiger partial charge in [-0.1, -0.05) is 31.1 Å². The minimum Gasteiger partial charge on any atom is -0.508 e. The molecule has 3 aromatic rings. The van der Waals surface area contributed by atoms with Gasteiger partial charge >= 0.3 is 0 Å². The van der Waals surface area contributed by atoms with Crippen molar-refractivity contribution >= 4 is 11.6 Å². The number of fused-ring (bicyclic) bond motifs is 1. The smallest absolute Gasteiger partial charge is 0.274 e. The minimum atomic E-state index is -0.382. The first kappa shape index (κ1) is 21.6. The molecule has 0 spiro atoms. The molecule has 7 nitrogen and oxygen atoms in total. The molecule has 1 aromatic heterocycles. The van der Waals surface area contributed by atoms with Crippen molar-refractivity contribution in [3.05, 3.63) is 52.7 Å². The lowest BCUT2D eigenvalue weighted by atomic mass is 9.86. The van der Waals surface area contributed by atoms with Crippen LogP contribution in [-0.4, -0.2) is 33.5 Å². The highest BCUT2D eigenvalue weighted by molar-refractivity contribution is 6.05. The number of carbonyl (C=O) groups excluding carboxylic acids is 1. The Bertz CT molecular complexity index is 1210. The predicted octanol–water partition coefficient (Wildman–Crippen LogP) is 5.00. The highest BCUT2D eigenvalue weighted by atomic mass is 16.5. The standard InChI is InChI=1S/C25H27N3O4/c1-4-27-25(31)23-22(15-9-8-14-6-5-7-19(26)17(14)10-15)24(32-28-23)18-11-16(13(2)3)20(29)12-21(18)30/h8-13,26,29-30H,4-7H2,1-3H3,(H,27,31). The maximum atomic E-state index is 12.8. The summed E-state index contributed by atoms with van der Waals surface area (Å²) in [7, 11) is 0. The quantitative estimate of drug-likeness (QED) is 0.451. The lowest BCUT2D eigenvalue weighted by molar-refractivity contribution is 0.0947. The van der Waals surface area contributed by atoms with Gasteiger partial charge in [0.2, 0.25) is 0 Å². The maximum Gasteiger partial charge on any atom is 0.274 e. The van der Waals surface area contributed by atoms with E-state index in [4.69, 9.17) is 9.93 Å². The van der Waals surface area contributed by atoms with Gasteiger partial charge in [0.15, 0.2) is 11.5 Å². The van der Waals surface area contributed by atoms with Crippen molar-refractivity contribution in [1.82, 2.24) is 10.5 Å². The monoisotopic (exact) mass is 433 g/mol. The molecule has 4 rings (SSSR count). The van der Waals surface area contributed by atoms with Crippen molar-refractivity contribution in [2.45, 2.75) is 46.0 Å². The number of nitrogens with one attached hydrogen (secondary N) is 2. The lowest BCUT2D eigenvalue weighted by Gasteiger charge is -2.18. The second-order valence-electron chi connectivity index (χ2n) is 8.38. The molecule has 166 valence electrons. The van der Waals surface area contributed by atoms with Crippen LogP contribution in [0.15, 0.2) is 34.9 Å². The molecule has 0 saturated carbocycles. The number of aromatic nitrogens is 1. The van der Waals surface area contributed by atoms with E-state index in [1.807, 2.05) is 39.0 Å². The first-order chi connectivity index (χ1) is 15.3. The molecule has 0 radical (unpaired) electrons. The summed E-state index contributed by atoms with van der Waals surface area (Å²) < 4.78 is 5.62. The number of carbonyl (C=O) groups is 1. The molecule has 0 aliphatic heterocycles. The molecule has 7 heteroatoms. The van der Waals surface area contributed by atoms with Gasteiger partial charge in [0.25, 0.3) is 5.91 Å². The SMILES string of the molecule is CCNC(=O)c1noc(-c2cc(C(C)C)c(O)cc2O)c1-c1ccc2c(c1)C(=N)CCC2. The summed E-state index contributed by atoms with van der Waals surface area (Å²) in [5, 5.41) is 36.0. The van der Waals surface area contributed by atoms with E-state index in [2.05, 4.69) is 10.5 Å². The van der Waals surface area contributed by atoms with Gasteiger partial charge in [0.1, 0.15) is 11.5 Å². The fraction of sp³-hybridized carbons (Fsp3) is 0.320. The predicted molar refractivity (Wildman–Crippen MR) is 123 cm³/mol. The third kappa shape index (κ3) is 3.75. The van der Waals surface area contributed by atoms with E-state index in [0.29, 0.717) is 40.9 Å². The van der Waals surface area contributed by atoms with Crippen LogP contribution in [0.2, 0.25) is 0 Å². The molecule has 0 fully saturated rings. The summed E-state index contributed by atoms with van der Waals surface area (Å²) in [4.78, 5) is 12.8. The Morgan fingerprint density at radius 1 is 1.16 bits per heavy atom. The number of benzene rings is 2. The van der Waals surface area contributed by atoms with Crippen molar-refractivity contribution in [2.75, 3.05) is 6.54 Å². The van der Waals surface area contributed by atoms with Gasteiger partial charge in [-0.05, 0) is 66.5 Å². The fourth-order valence-electron chi connectivity index (χ4n) is 4.20. The van der Waals surface area contributed by atoms with Gasteiger partial charge < -0.3 is 25.5 Å². The van der Waals surface area contributed by atoms with Crippen LogP contribution in [-0.2, 0) is 6.42 Å². The lowest BCUT2D eigenvalue weighted by Crippen LogP contribution is -2.23. The second-order valence-corrected chi connectivity index (χ2v) is 8.38. The highest BCUT2D eigenvalue weighted by Gasteiger charge is 2.28. The van der Waals surface area contributed by atoms with Crippen molar-refractivity contribution in [3.8, 4) is 33.9 Å². The van der Waals surface area contributed by atoms with Gasteiger partial charge in [-0.3, -0.25) is 4.79 Å². The summed E-state index contributed by atoms with van der Waals surface area (Å²) in [5.74, 6) is -0.306. The van der Waals surface area contributed by atoms with Crippen LogP contribution in [0.25, 0.3) is 22.5 Å². The molecule has 2 aromatic carbocycles. The zero-order valence-electron chi connectivity index (χ0n) is 18.5. The normalized spacial score (nSPS) is 13.3. The molecule has 0 unspecified atom stereocenters. The Hall–Kier alpha value is -3.61. The zero-order valence-corrected chi connectivity index (χ0v) is 18.5. The van der Waals surface area contributed by atoms with Crippen LogP contribution in [0.1, 0.15) is 66.7 Å². The van der Waals surface area contributed by atoms with E-state index in [1.165, 1.54) is 6.07 Å². The van der Waals surface area contributed by atoms with Gasteiger partial charge in [0, 0.05) is 18.3 Å². The molecule has 1 aliphatic carbocycles. The van der Waals surface area contributed by atoms with E-state index in [1.54, 1.807) is 6.07 Å². The third-order valence-electron chi connectivity index (χ3n) is 5.85. The van der Waals surface area contributed by atoms with E-state index >= 15 is 0 Å². The first-order valence-electron chi connectivity index (χ1n) is 10.9. The summed E-state index contributed by atoms with van der Waals surface area (Å²) in [6.45, 7) is 6.12. The summed E-state index contributed by atoms with van der Waals surface area (Å²) in [6.07, 6.45) is 2.58. The molecule has 32 heavy (non-hydrogen) atoms. The van der Waals surface area contributed by atoms with Gasteiger partial charge in [-0.15, -0.1) is 0 Å². The average molecular weight is 434 g/mol. The molecule has 0 saturated heterocycles. The molecule has 1 heterocycles. The van der Waals surface area contributed by atoms with Crippen molar-refractivity contribution in [3.63, 3.8) is 0 Å². The van der Waals surface area contributed by atoms with Gasteiger partial charge in [-0.2, -0.15) is 0 Å². The van der Waals surface area contributed by atoms with E-state index in [-0.39, 0.29) is 34.8 Å². The molecule has 1 aliphatic rings. The molecule has 0 bridgehead atoms. The maximum absolute atomic E-state index is 12.8. The van der Waals surface area contributed by atoms with Gasteiger partial charge in [0.05, 0.1) is 11.1 Å². The third-order valence-corrected chi connectivity index (χ3v) is 5.85. The topological polar surface area (TPSA) is 119 Å². The van der Waals surface area contributed by atoms with Crippen LogP contribution in [0.5, 0.6) is 11.5 Å². The Labute approximate surface area is 186 Å². The van der Waals surface area contributed by atoms with Gasteiger partial charge in [-0.25, -0.2) is 0 Å². The van der Waals surface area contributed by atoms with Crippen molar-refractivity contribution < 1.29 is 19.5 Å². The second kappa shape index (κ2) is 8.49. The Morgan fingerprint density at radius 2 is 1.94 bits per heavy atom. The number of rotatable bonds is 5. The van der Waals surface area contributed by atoms with Crippen molar-refractivity contribution in [1.29, 1.82) is 5.41 Å². The minimum absolute atomic E-state index is 0.00602. The molecule has 1 amide bonds. The highest BCUT2D eigenvalue weighted by Crippen LogP contribution is 2.43. The average Bonchev–Trinajstić information content (AvgIpc) is 3.19. The van der Waals surface area contributed by atoms with E-state index in [0.717, 1.165) is 24.0 Å². The molecular weight excluding hydrogens is 406 g/mol. The number of aromatic hydroxyl groups is 2. The van der Waals surface area contributed by atoms with Crippen LogP contribution in [0, 0.1) is 5.41 Å². The van der Waals surface area contributed by atoms with Crippen LogP contribution in [0.3, 0.4) is 0 Å².